The summed E-state index contributed by atoms with van der Waals surface area (Å²) in [5, 5.41) is 3.10. The van der Waals surface area contributed by atoms with E-state index in [4.69, 9.17) is 10.5 Å². The number of hydrogen-bond donors (Lipinski definition) is 2. The Kier molecular flexibility index (Phi) is 6.52. The quantitative estimate of drug-likeness (QED) is 0.740. The first-order valence-electron chi connectivity index (χ1n) is 6.72. The topological polar surface area (TPSA) is 64.4 Å². The lowest BCUT2D eigenvalue weighted by atomic mass is 10.0. The van der Waals surface area contributed by atoms with Crippen LogP contribution in [0.4, 0.5) is 0 Å². The Morgan fingerprint density at radius 1 is 1.53 bits per heavy atom. The van der Waals surface area contributed by atoms with Crippen molar-refractivity contribution in [3.63, 3.8) is 0 Å². The molecule has 17 heavy (non-hydrogen) atoms. The molecule has 4 nitrogen and oxygen atoms in total. The third kappa shape index (κ3) is 6.03. The van der Waals surface area contributed by atoms with Crippen LogP contribution in [0.25, 0.3) is 0 Å². The van der Waals surface area contributed by atoms with Gasteiger partial charge >= 0.3 is 0 Å². The lowest BCUT2D eigenvalue weighted by Gasteiger charge is -2.28. The Morgan fingerprint density at radius 2 is 2.29 bits per heavy atom. The van der Waals surface area contributed by atoms with Gasteiger partial charge in [0.2, 0.25) is 5.91 Å². The van der Waals surface area contributed by atoms with Crippen molar-refractivity contribution in [3.8, 4) is 0 Å². The standard InChI is InChI=1S/C13H26N2O2/c1-10(5-7-14)3-4-13(16)15-12-6-8-17-11(2)9-12/h10-12H,3-9,14H2,1-2H3,(H,15,16). The van der Waals surface area contributed by atoms with Crippen molar-refractivity contribution < 1.29 is 9.53 Å². The van der Waals surface area contributed by atoms with Crippen molar-refractivity contribution in [2.24, 2.45) is 11.7 Å². The van der Waals surface area contributed by atoms with E-state index in [9.17, 15) is 4.79 Å². The molecule has 0 aromatic heterocycles. The number of nitrogens with one attached hydrogen (secondary N) is 1. The van der Waals surface area contributed by atoms with E-state index in [-0.39, 0.29) is 12.0 Å². The van der Waals surface area contributed by atoms with Crippen LogP contribution >= 0.6 is 0 Å². The number of amides is 1. The zero-order chi connectivity index (χ0) is 12.7. The van der Waals surface area contributed by atoms with Gasteiger partial charge < -0.3 is 15.8 Å². The molecule has 3 atom stereocenters. The zero-order valence-corrected chi connectivity index (χ0v) is 11.1. The molecule has 0 saturated carbocycles. The van der Waals surface area contributed by atoms with E-state index in [1.165, 1.54) is 0 Å². The highest BCUT2D eigenvalue weighted by atomic mass is 16.5. The molecule has 3 N–H and O–H groups in total. The van der Waals surface area contributed by atoms with Gasteiger partial charge in [0.05, 0.1) is 6.10 Å². The average Bonchev–Trinajstić information content (AvgIpc) is 2.27. The maximum absolute atomic E-state index is 11.7. The molecule has 1 heterocycles. The lowest BCUT2D eigenvalue weighted by molar-refractivity contribution is -0.123. The van der Waals surface area contributed by atoms with Gasteiger partial charge in [-0.05, 0) is 45.1 Å². The summed E-state index contributed by atoms with van der Waals surface area (Å²) in [4.78, 5) is 11.7. The molecule has 1 fully saturated rings. The molecule has 1 aliphatic heterocycles. The predicted molar refractivity (Wildman–Crippen MR) is 68.6 cm³/mol. The first kappa shape index (κ1) is 14.5. The lowest BCUT2D eigenvalue weighted by Crippen LogP contribution is -2.41. The van der Waals surface area contributed by atoms with Gasteiger partial charge in [0.15, 0.2) is 0 Å². The second-order valence-electron chi connectivity index (χ2n) is 5.19. The molecule has 0 radical (unpaired) electrons. The fourth-order valence-electron chi connectivity index (χ4n) is 2.24. The number of nitrogens with two attached hydrogens (primary N) is 1. The summed E-state index contributed by atoms with van der Waals surface area (Å²) in [6.07, 6.45) is 4.69. The number of hydrogen-bond acceptors (Lipinski definition) is 3. The molecule has 0 aromatic rings. The van der Waals surface area contributed by atoms with Crippen LogP contribution in [0.1, 0.15) is 46.0 Å². The highest BCUT2D eigenvalue weighted by Crippen LogP contribution is 2.14. The first-order valence-corrected chi connectivity index (χ1v) is 6.72. The SMILES string of the molecule is CC(CCN)CCC(=O)NC1CCOC(C)C1. The van der Waals surface area contributed by atoms with E-state index in [2.05, 4.69) is 19.2 Å². The monoisotopic (exact) mass is 242 g/mol. The van der Waals surface area contributed by atoms with Crippen LogP contribution in [-0.4, -0.2) is 31.2 Å². The van der Waals surface area contributed by atoms with Gasteiger partial charge in [-0.2, -0.15) is 0 Å². The Balaban J connectivity index is 2.15. The Bertz CT molecular complexity index is 233. The molecule has 1 aliphatic rings. The van der Waals surface area contributed by atoms with Crippen LogP contribution in [0.15, 0.2) is 0 Å². The number of rotatable bonds is 6. The van der Waals surface area contributed by atoms with Crippen LogP contribution < -0.4 is 11.1 Å². The maximum atomic E-state index is 11.7. The van der Waals surface area contributed by atoms with Crippen molar-refractivity contribution in [2.45, 2.75) is 58.1 Å². The van der Waals surface area contributed by atoms with Gasteiger partial charge in [0.25, 0.3) is 0 Å². The third-order valence-corrected chi connectivity index (χ3v) is 3.37. The van der Waals surface area contributed by atoms with Crippen molar-refractivity contribution in [1.82, 2.24) is 5.32 Å². The Labute approximate surface area is 104 Å². The van der Waals surface area contributed by atoms with Crippen LogP contribution in [-0.2, 0) is 9.53 Å². The molecule has 0 aromatic carbocycles. The van der Waals surface area contributed by atoms with Gasteiger partial charge in [-0.15, -0.1) is 0 Å². The molecule has 0 aliphatic carbocycles. The van der Waals surface area contributed by atoms with Crippen LogP contribution in [0.2, 0.25) is 0 Å². The third-order valence-electron chi connectivity index (χ3n) is 3.37. The van der Waals surface area contributed by atoms with E-state index >= 15 is 0 Å². The van der Waals surface area contributed by atoms with E-state index in [1.807, 2.05) is 0 Å². The van der Waals surface area contributed by atoms with Gasteiger partial charge in [-0.3, -0.25) is 4.79 Å². The van der Waals surface area contributed by atoms with Crippen molar-refractivity contribution >= 4 is 5.91 Å². The highest BCUT2D eigenvalue weighted by Gasteiger charge is 2.20. The summed E-state index contributed by atoms with van der Waals surface area (Å²) in [5.74, 6) is 0.715. The summed E-state index contributed by atoms with van der Waals surface area (Å²) in [6.45, 7) is 5.67. The minimum Gasteiger partial charge on any atom is -0.378 e. The highest BCUT2D eigenvalue weighted by molar-refractivity contribution is 5.76. The number of carbonyl (C=O) groups excluding carboxylic acids is 1. The molecule has 0 bridgehead atoms. The largest absolute Gasteiger partial charge is 0.378 e. The van der Waals surface area contributed by atoms with Gasteiger partial charge in [0.1, 0.15) is 0 Å². The maximum Gasteiger partial charge on any atom is 0.220 e. The summed E-state index contributed by atoms with van der Waals surface area (Å²) in [7, 11) is 0. The molecular weight excluding hydrogens is 216 g/mol. The van der Waals surface area contributed by atoms with Crippen molar-refractivity contribution in [1.29, 1.82) is 0 Å². The Hall–Kier alpha value is -0.610. The van der Waals surface area contributed by atoms with Crippen LogP contribution in [0, 0.1) is 5.92 Å². The fourth-order valence-corrected chi connectivity index (χ4v) is 2.24. The normalized spacial score (nSPS) is 26.5. The van der Waals surface area contributed by atoms with E-state index in [0.29, 0.717) is 24.9 Å². The first-order chi connectivity index (χ1) is 8.11. The summed E-state index contributed by atoms with van der Waals surface area (Å²) < 4.78 is 5.45. The summed E-state index contributed by atoms with van der Waals surface area (Å²) >= 11 is 0. The summed E-state index contributed by atoms with van der Waals surface area (Å²) in [5.41, 5.74) is 5.49. The molecule has 1 rings (SSSR count). The van der Waals surface area contributed by atoms with Gasteiger partial charge in [0, 0.05) is 19.1 Å². The molecule has 4 heteroatoms. The van der Waals surface area contributed by atoms with Crippen molar-refractivity contribution in [3.05, 3.63) is 0 Å². The second-order valence-corrected chi connectivity index (χ2v) is 5.19. The van der Waals surface area contributed by atoms with E-state index < -0.39 is 0 Å². The van der Waals surface area contributed by atoms with Crippen LogP contribution in [0.5, 0.6) is 0 Å². The Morgan fingerprint density at radius 3 is 2.94 bits per heavy atom. The molecular formula is C13H26N2O2. The second kappa shape index (κ2) is 7.67. The summed E-state index contributed by atoms with van der Waals surface area (Å²) in [6, 6.07) is 0.302. The van der Waals surface area contributed by atoms with E-state index in [0.717, 1.165) is 32.3 Å². The number of ether oxygens (including phenoxy) is 1. The van der Waals surface area contributed by atoms with Crippen molar-refractivity contribution in [2.75, 3.05) is 13.2 Å². The smallest absolute Gasteiger partial charge is 0.220 e. The van der Waals surface area contributed by atoms with Crippen LogP contribution in [0.3, 0.4) is 0 Å². The van der Waals surface area contributed by atoms with E-state index in [1.54, 1.807) is 0 Å². The number of carbonyl (C=O) groups is 1. The van der Waals surface area contributed by atoms with Gasteiger partial charge in [-0.1, -0.05) is 6.92 Å². The molecule has 1 amide bonds. The molecule has 1 saturated heterocycles. The average molecular weight is 242 g/mol. The molecule has 3 unspecified atom stereocenters. The minimum absolute atomic E-state index is 0.174. The van der Waals surface area contributed by atoms with Gasteiger partial charge in [-0.25, -0.2) is 0 Å². The molecule has 0 spiro atoms. The predicted octanol–water partition coefficient (Wildman–Crippen LogP) is 1.44. The zero-order valence-electron chi connectivity index (χ0n) is 11.1. The fraction of sp³-hybridized carbons (Fsp3) is 0.923. The molecule has 100 valence electrons. The minimum atomic E-state index is 0.174.